The summed E-state index contributed by atoms with van der Waals surface area (Å²) in [6.07, 6.45) is 2.08. The first-order valence-corrected chi connectivity index (χ1v) is 9.10. The lowest BCUT2D eigenvalue weighted by Crippen LogP contribution is -2.50. The van der Waals surface area contributed by atoms with E-state index in [4.69, 9.17) is 4.74 Å². The number of nitrogens with zero attached hydrogens (tertiary/aromatic N) is 6. The SMILES string of the molecule is CCOC(=O)N1CCN(c2nccc(C(=O)N3CCN(C=O)CC3)n2)CC1. The third-order valence-corrected chi connectivity index (χ3v) is 4.70. The van der Waals surface area contributed by atoms with Gasteiger partial charge in [-0.25, -0.2) is 14.8 Å². The van der Waals surface area contributed by atoms with Gasteiger partial charge in [0.05, 0.1) is 6.61 Å². The van der Waals surface area contributed by atoms with Crippen LogP contribution in [0.2, 0.25) is 0 Å². The molecule has 0 aromatic carbocycles. The van der Waals surface area contributed by atoms with E-state index in [2.05, 4.69) is 9.97 Å². The Hall–Kier alpha value is -2.91. The highest BCUT2D eigenvalue weighted by Gasteiger charge is 2.26. The number of piperazine rings is 2. The van der Waals surface area contributed by atoms with Gasteiger partial charge in [-0.3, -0.25) is 9.59 Å². The van der Waals surface area contributed by atoms with Crippen LogP contribution in [-0.4, -0.2) is 102 Å². The zero-order valence-electron chi connectivity index (χ0n) is 15.4. The molecular formula is C17H24N6O4. The molecule has 2 aliphatic rings. The summed E-state index contributed by atoms with van der Waals surface area (Å²) in [6, 6.07) is 1.60. The Morgan fingerprint density at radius 2 is 1.74 bits per heavy atom. The minimum absolute atomic E-state index is 0.158. The van der Waals surface area contributed by atoms with Gasteiger partial charge in [-0.15, -0.1) is 0 Å². The molecule has 10 nitrogen and oxygen atoms in total. The lowest BCUT2D eigenvalue weighted by Gasteiger charge is -2.34. The third kappa shape index (κ3) is 4.44. The predicted molar refractivity (Wildman–Crippen MR) is 96.4 cm³/mol. The van der Waals surface area contributed by atoms with E-state index in [0.717, 1.165) is 6.41 Å². The van der Waals surface area contributed by atoms with Crippen LogP contribution in [0.4, 0.5) is 10.7 Å². The molecule has 3 heterocycles. The Morgan fingerprint density at radius 1 is 1.07 bits per heavy atom. The molecule has 0 spiro atoms. The topological polar surface area (TPSA) is 99.2 Å². The maximum atomic E-state index is 12.7. The van der Waals surface area contributed by atoms with Crippen molar-refractivity contribution < 1.29 is 19.1 Å². The molecule has 2 saturated heterocycles. The van der Waals surface area contributed by atoms with Crippen LogP contribution in [-0.2, 0) is 9.53 Å². The van der Waals surface area contributed by atoms with E-state index in [1.165, 1.54) is 0 Å². The Balaban J connectivity index is 1.60. The lowest BCUT2D eigenvalue weighted by molar-refractivity contribution is -0.119. The highest BCUT2D eigenvalue weighted by atomic mass is 16.6. The molecule has 0 atom stereocenters. The van der Waals surface area contributed by atoms with E-state index in [1.54, 1.807) is 33.9 Å². The summed E-state index contributed by atoms with van der Waals surface area (Å²) in [4.78, 5) is 50.9. The minimum atomic E-state index is -0.309. The average Bonchev–Trinajstić information content (AvgIpc) is 2.73. The summed E-state index contributed by atoms with van der Waals surface area (Å²) in [5.74, 6) is 0.324. The summed E-state index contributed by atoms with van der Waals surface area (Å²) in [5.41, 5.74) is 0.340. The van der Waals surface area contributed by atoms with Crippen molar-refractivity contribution >= 4 is 24.4 Å². The van der Waals surface area contributed by atoms with Gasteiger partial charge in [0.15, 0.2) is 0 Å². The number of carbonyl (C=O) groups excluding carboxylic acids is 3. The second kappa shape index (κ2) is 8.65. The maximum Gasteiger partial charge on any atom is 0.409 e. The molecule has 1 aromatic rings. The molecule has 0 radical (unpaired) electrons. The van der Waals surface area contributed by atoms with Gasteiger partial charge in [-0.05, 0) is 13.0 Å². The number of hydrogen-bond donors (Lipinski definition) is 0. The van der Waals surface area contributed by atoms with Crippen molar-refractivity contribution in [2.24, 2.45) is 0 Å². The molecule has 10 heteroatoms. The molecule has 3 rings (SSSR count). The van der Waals surface area contributed by atoms with Crippen LogP contribution in [0.15, 0.2) is 12.3 Å². The van der Waals surface area contributed by atoms with Gasteiger partial charge in [0.25, 0.3) is 5.91 Å². The van der Waals surface area contributed by atoms with E-state index in [9.17, 15) is 14.4 Å². The standard InChI is InChI=1S/C17H24N6O4/c1-2-27-17(26)23-11-9-22(10-12-23)16-18-4-3-14(19-16)15(25)21-7-5-20(13-24)6-8-21/h3-4,13H,2,5-12H2,1H3. The monoisotopic (exact) mass is 376 g/mol. The average molecular weight is 376 g/mol. The van der Waals surface area contributed by atoms with Crippen LogP contribution in [0.3, 0.4) is 0 Å². The smallest absolute Gasteiger partial charge is 0.409 e. The molecule has 1 aromatic heterocycles. The van der Waals surface area contributed by atoms with Gasteiger partial charge in [0, 0.05) is 58.6 Å². The molecule has 27 heavy (non-hydrogen) atoms. The fraction of sp³-hybridized carbons (Fsp3) is 0.588. The number of hydrogen-bond acceptors (Lipinski definition) is 7. The van der Waals surface area contributed by atoms with Crippen molar-refractivity contribution in [1.82, 2.24) is 24.7 Å². The van der Waals surface area contributed by atoms with Crippen LogP contribution in [0.1, 0.15) is 17.4 Å². The molecule has 0 bridgehead atoms. The van der Waals surface area contributed by atoms with Crippen LogP contribution in [0.25, 0.3) is 0 Å². The van der Waals surface area contributed by atoms with Gasteiger partial charge in [-0.1, -0.05) is 0 Å². The van der Waals surface area contributed by atoms with Crippen molar-refractivity contribution in [1.29, 1.82) is 0 Å². The lowest BCUT2D eigenvalue weighted by atomic mass is 10.3. The van der Waals surface area contributed by atoms with Gasteiger partial charge in [0.2, 0.25) is 12.4 Å². The quantitative estimate of drug-likeness (QED) is 0.664. The number of ether oxygens (including phenoxy) is 1. The van der Waals surface area contributed by atoms with Crippen molar-refractivity contribution in [3.8, 4) is 0 Å². The number of amides is 3. The first kappa shape index (κ1) is 18.9. The van der Waals surface area contributed by atoms with Crippen molar-refractivity contribution in [2.45, 2.75) is 6.92 Å². The third-order valence-electron chi connectivity index (χ3n) is 4.70. The molecule has 0 unspecified atom stereocenters. The predicted octanol–water partition coefficient (Wildman–Crippen LogP) is -0.331. The molecule has 2 fully saturated rings. The second-order valence-corrected chi connectivity index (χ2v) is 6.35. The Morgan fingerprint density at radius 3 is 2.37 bits per heavy atom. The van der Waals surface area contributed by atoms with Gasteiger partial charge in [-0.2, -0.15) is 0 Å². The summed E-state index contributed by atoms with van der Waals surface area (Å²) >= 11 is 0. The fourth-order valence-electron chi connectivity index (χ4n) is 3.12. The van der Waals surface area contributed by atoms with Crippen LogP contribution < -0.4 is 4.90 Å². The summed E-state index contributed by atoms with van der Waals surface area (Å²) < 4.78 is 5.02. The molecule has 3 amide bonds. The molecule has 0 aliphatic carbocycles. The van der Waals surface area contributed by atoms with E-state index in [-0.39, 0.29) is 12.0 Å². The summed E-state index contributed by atoms with van der Waals surface area (Å²) in [5, 5.41) is 0. The molecular weight excluding hydrogens is 352 g/mol. The van der Waals surface area contributed by atoms with Crippen LogP contribution >= 0.6 is 0 Å². The molecule has 2 aliphatic heterocycles. The Labute approximate surface area is 157 Å². The number of anilines is 1. The zero-order chi connectivity index (χ0) is 19.2. The second-order valence-electron chi connectivity index (χ2n) is 6.35. The van der Waals surface area contributed by atoms with E-state index < -0.39 is 0 Å². The fourth-order valence-corrected chi connectivity index (χ4v) is 3.12. The first-order valence-electron chi connectivity index (χ1n) is 9.10. The summed E-state index contributed by atoms with van der Waals surface area (Å²) in [7, 11) is 0. The molecule has 146 valence electrons. The highest BCUT2D eigenvalue weighted by molar-refractivity contribution is 5.92. The first-order chi connectivity index (χ1) is 13.1. The molecule has 0 N–H and O–H groups in total. The van der Waals surface area contributed by atoms with E-state index >= 15 is 0 Å². The summed E-state index contributed by atoms with van der Waals surface area (Å²) in [6.45, 7) is 6.39. The van der Waals surface area contributed by atoms with Gasteiger partial charge >= 0.3 is 6.09 Å². The number of aromatic nitrogens is 2. The van der Waals surface area contributed by atoms with Crippen LogP contribution in [0.5, 0.6) is 0 Å². The number of rotatable bonds is 4. The zero-order valence-corrected chi connectivity index (χ0v) is 15.4. The minimum Gasteiger partial charge on any atom is -0.450 e. The Bertz CT molecular complexity index is 684. The number of carbonyl (C=O) groups is 3. The molecule has 0 saturated carbocycles. The maximum absolute atomic E-state index is 12.7. The van der Waals surface area contributed by atoms with Crippen molar-refractivity contribution in [3.63, 3.8) is 0 Å². The normalized spacial score (nSPS) is 17.7. The van der Waals surface area contributed by atoms with Crippen molar-refractivity contribution in [2.75, 3.05) is 63.9 Å². The van der Waals surface area contributed by atoms with Crippen LogP contribution in [0, 0.1) is 0 Å². The van der Waals surface area contributed by atoms with Gasteiger partial charge < -0.3 is 24.3 Å². The van der Waals surface area contributed by atoms with Crippen molar-refractivity contribution in [3.05, 3.63) is 18.0 Å². The van der Waals surface area contributed by atoms with E-state index in [0.29, 0.717) is 70.6 Å². The highest BCUT2D eigenvalue weighted by Crippen LogP contribution is 2.14. The van der Waals surface area contributed by atoms with Gasteiger partial charge in [0.1, 0.15) is 5.69 Å². The largest absolute Gasteiger partial charge is 0.450 e. The Kier molecular flexibility index (Phi) is 6.05. The van der Waals surface area contributed by atoms with E-state index in [1.807, 2.05) is 4.90 Å².